The molecule has 19 heavy (non-hydrogen) atoms. The molecule has 1 N–H and O–H groups in total. The molecule has 3 rings (SSSR count). The molecule has 2 fully saturated rings. The lowest BCUT2D eigenvalue weighted by molar-refractivity contribution is -0.0114. The summed E-state index contributed by atoms with van der Waals surface area (Å²) in [4.78, 5) is 0.283. The molecule has 2 unspecified atom stereocenters. The van der Waals surface area contributed by atoms with Crippen LogP contribution in [0.5, 0.6) is 0 Å². The Hall–Kier alpha value is -0.950. The number of nitrogens with zero attached hydrogens (tertiary/aromatic N) is 1. The molecule has 0 aliphatic carbocycles. The Bertz CT molecular complexity index is 543. The van der Waals surface area contributed by atoms with Gasteiger partial charge >= 0.3 is 0 Å². The first-order chi connectivity index (χ1) is 9.09. The van der Waals surface area contributed by atoms with Crippen molar-refractivity contribution in [1.82, 2.24) is 4.31 Å². The van der Waals surface area contributed by atoms with Gasteiger partial charge in [0.05, 0.1) is 23.7 Å². The molecular weight excluding hydrogens is 266 g/mol. The van der Waals surface area contributed by atoms with Crippen molar-refractivity contribution in [2.24, 2.45) is 0 Å². The van der Waals surface area contributed by atoms with Crippen molar-refractivity contribution in [2.75, 3.05) is 13.1 Å². The van der Waals surface area contributed by atoms with Gasteiger partial charge in [0.1, 0.15) is 0 Å². The van der Waals surface area contributed by atoms with Crippen LogP contribution in [0, 0.1) is 0 Å². The van der Waals surface area contributed by atoms with E-state index in [1.807, 2.05) is 0 Å². The van der Waals surface area contributed by atoms with Crippen molar-refractivity contribution >= 4 is 10.0 Å². The zero-order valence-corrected chi connectivity index (χ0v) is 11.3. The van der Waals surface area contributed by atoms with E-state index in [1.54, 1.807) is 24.3 Å². The largest absolute Gasteiger partial charge is 0.392 e. The van der Waals surface area contributed by atoms with E-state index in [4.69, 9.17) is 9.84 Å². The van der Waals surface area contributed by atoms with E-state index in [0.29, 0.717) is 18.7 Å². The first-order valence-corrected chi connectivity index (χ1v) is 7.89. The Labute approximate surface area is 112 Å². The summed E-state index contributed by atoms with van der Waals surface area (Å²) in [7, 11) is -3.44. The number of hydrogen-bond donors (Lipinski definition) is 1. The van der Waals surface area contributed by atoms with Gasteiger partial charge in [-0.1, -0.05) is 12.1 Å². The molecular formula is C13H17NO4S. The summed E-state index contributed by atoms with van der Waals surface area (Å²) in [6, 6.07) is 6.39. The zero-order valence-electron chi connectivity index (χ0n) is 10.5. The van der Waals surface area contributed by atoms with E-state index in [1.165, 1.54) is 4.31 Å². The molecule has 2 aliphatic rings. The molecule has 2 saturated heterocycles. The molecule has 6 heteroatoms. The average molecular weight is 283 g/mol. The lowest BCUT2D eigenvalue weighted by Crippen LogP contribution is -2.45. The van der Waals surface area contributed by atoms with Crippen LogP contribution in [-0.2, 0) is 21.4 Å². The van der Waals surface area contributed by atoms with Crippen LogP contribution in [0.2, 0.25) is 0 Å². The molecule has 2 atom stereocenters. The van der Waals surface area contributed by atoms with E-state index in [-0.39, 0.29) is 23.7 Å². The molecule has 0 saturated carbocycles. The summed E-state index contributed by atoms with van der Waals surface area (Å²) in [6.45, 7) is 0.809. The third-order valence-corrected chi connectivity index (χ3v) is 5.60. The number of fused-ring (bicyclic) bond motifs is 2. The highest BCUT2D eigenvalue weighted by Crippen LogP contribution is 2.29. The number of sulfonamides is 1. The third-order valence-electron chi connectivity index (χ3n) is 3.75. The van der Waals surface area contributed by atoms with Crippen LogP contribution < -0.4 is 0 Å². The lowest BCUT2D eigenvalue weighted by Gasteiger charge is -2.31. The van der Waals surface area contributed by atoms with Crippen molar-refractivity contribution in [2.45, 2.75) is 36.6 Å². The summed E-state index contributed by atoms with van der Waals surface area (Å²) < 4.78 is 32.2. The molecule has 2 bridgehead atoms. The summed E-state index contributed by atoms with van der Waals surface area (Å²) in [5.41, 5.74) is 0.709. The van der Waals surface area contributed by atoms with Gasteiger partial charge in [-0.2, -0.15) is 4.31 Å². The van der Waals surface area contributed by atoms with E-state index in [0.717, 1.165) is 12.8 Å². The van der Waals surface area contributed by atoms with Crippen molar-refractivity contribution < 1.29 is 18.3 Å². The Morgan fingerprint density at radius 1 is 1.16 bits per heavy atom. The Morgan fingerprint density at radius 2 is 1.74 bits per heavy atom. The number of morpholine rings is 1. The molecule has 0 amide bonds. The predicted octanol–water partition coefficient (Wildman–Crippen LogP) is 0.731. The molecule has 104 valence electrons. The maximum Gasteiger partial charge on any atom is 0.243 e. The van der Waals surface area contributed by atoms with Crippen molar-refractivity contribution in [3.63, 3.8) is 0 Å². The van der Waals surface area contributed by atoms with Crippen LogP contribution in [-0.4, -0.2) is 43.1 Å². The predicted molar refractivity (Wildman–Crippen MR) is 69.0 cm³/mol. The van der Waals surface area contributed by atoms with Gasteiger partial charge in [0.15, 0.2) is 0 Å². The molecule has 5 nitrogen and oxygen atoms in total. The van der Waals surface area contributed by atoms with Gasteiger partial charge < -0.3 is 9.84 Å². The highest BCUT2D eigenvalue weighted by Gasteiger charge is 2.39. The third kappa shape index (κ3) is 2.41. The molecule has 1 aromatic rings. The maximum absolute atomic E-state index is 12.5. The van der Waals surface area contributed by atoms with Gasteiger partial charge in [-0.05, 0) is 30.5 Å². The number of aliphatic hydroxyl groups is 1. The molecule has 0 radical (unpaired) electrons. The molecule has 0 aromatic heterocycles. The highest BCUT2D eigenvalue weighted by molar-refractivity contribution is 7.89. The second-order valence-corrected chi connectivity index (χ2v) is 7.02. The number of aliphatic hydroxyl groups excluding tert-OH is 1. The number of benzene rings is 1. The van der Waals surface area contributed by atoms with Gasteiger partial charge in [-0.3, -0.25) is 0 Å². The van der Waals surface area contributed by atoms with E-state index in [9.17, 15) is 8.42 Å². The van der Waals surface area contributed by atoms with E-state index < -0.39 is 10.0 Å². The number of hydrogen-bond acceptors (Lipinski definition) is 4. The average Bonchev–Trinajstić information content (AvgIpc) is 2.77. The molecule has 2 aliphatic heterocycles. The SMILES string of the molecule is O=S(=O)(c1ccc(CO)cc1)N1CC2CCC(C1)O2. The summed E-state index contributed by atoms with van der Waals surface area (Å²) in [5.74, 6) is 0. The van der Waals surface area contributed by atoms with Crippen LogP contribution in [0.4, 0.5) is 0 Å². The standard InChI is InChI=1S/C13H17NO4S/c15-9-10-1-5-13(6-2-10)19(16,17)14-7-11-3-4-12(8-14)18-11/h1-2,5-6,11-12,15H,3-4,7-9H2. The van der Waals surface area contributed by atoms with Crippen LogP contribution in [0.15, 0.2) is 29.2 Å². The monoisotopic (exact) mass is 283 g/mol. The fraction of sp³-hybridized carbons (Fsp3) is 0.538. The van der Waals surface area contributed by atoms with Crippen LogP contribution in [0.25, 0.3) is 0 Å². The topological polar surface area (TPSA) is 66.8 Å². The molecule has 1 aromatic carbocycles. The highest BCUT2D eigenvalue weighted by atomic mass is 32.2. The molecule has 2 heterocycles. The number of ether oxygens (including phenoxy) is 1. The minimum absolute atomic E-state index is 0.0465. The fourth-order valence-corrected chi connectivity index (χ4v) is 4.19. The second-order valence-electron chi connectivity index (χ2n) is 5.08. The van der Waals surface area contributed by atoms with E-state index >= 15 is 0 Å². The van der Waals surface area contributed by atoms with Crippen LogP contribution >= 0.6 is 0 Å². The van der Waals surface area contributed by atoms with Gasteiger partial charge in [-0.25, -0.2) is 8.42 Å². The minimum atomic E-state index is -3.44. The quantitative estimate of drug-likeness (QED) is 0.888. The lowest BCUT2D eigenvalue weighted by atomic mass is 10.2. The fourth-order valence-electron chi connectivity index (χ4n) is 2.69. The van der Waals surface area contributed by atoms with Crippen LogP contribution in [0.3, 0.4) is 0 Å². The van der Waals surface area contributed by atoms with E-state index in [2.05, 4.69) is 0 Å². The summed E-state index contributed by atoms with van der Waals surface area (Å²) in [6.07, 6.45) is 1.98. The first-order valence-electron chi connectivity index (χ1n) is 6.45. The van der Waals surface area contributed by atoms with Gasteiger partial charge in [-0.15, -0.1) is 0 Å². The van der Waals surface area contributed by atoms with Crippen LogP contribution in [0.1, 0.15) is 18.4 Å². The van der Waals surface area contributed by atoms with Gasteiger partial charge in [0.2, 0.25) is 10.0 Å². The maximum atomic E-state index is 12.5. The minimum Gasteiger partial charge on any atom is -0.392 e. The van der Waals surface area contributed by atoms with Crippen molar-refractivity contribution in [3.05, 3.63) is 29.8 Å². The number of rotatable bonds is 3. The Balaban J connectivity index is 1.85. The second kappa shape index (κ2) is 4.86. The summed E-state index contributed by atoms with van der Waals surface area (Å²) in [5, 5.41) is 8.98. The Kier molecular flexibility index (Phi) is 3.34. The normalized spacial score (nSPS) is 27.6. The first kappa shape index (κ1) is 13.1. The van der Waals surface area contributed by atoms with Gasteiger partial charge in [0, 0.05) is 13.1 Å². The zero-order chi connectivity index (χ0) is 13.5. The van der Waals surface area contributed by atoms with Crippen molar-refractivity contribution in [3.8, 4) is 0 Å². The van der Waals surface area contributed by atoms with Gasteiger partial charge in [0.25, 0.3) is 0 Å². The molecule has 0 spiro atoms. The van der Waals surface area contributed by atoms with Crippen molar-refractivity contribution in [1.29, 1.82) is 0 Å². The Morgan fingerprint density at radius 3 is 2.26 bits per heavy atom. The summed E-state index contributed by atoms with van der Waals surface area (Å²) >= 11 is 0. The smallest absolute Gasteiger partial charge is 0.243 e.